The van der Waals surface area contributed by atoms with E-state index in [2.05, 4.69) is 21.2 Å². The SMILES string of the molecule is COCCOC(=O)C1=C(C)N(C)C(=S)N[C@H]1c1ccc(Br)s1. The summed E-state index contributed by atoms with van der Waals surface area (Å²) < 4.78 is 11.2. The van der Waals surface area contributed by atoms with Gasteiger partial charge in [0.2, 0.25) is 0 Å². The van der Waals surface area contributed by atoms with Gasteiger partial charge in [0.15, 0.2) is 5.11 Å². The number of ether oxygens (including phenoxy) is 2. The van der Waals surface area contributed by atoms with E-state index >= 15 is 0 Å². The van der Waals surface area contributed by atoms with Crippen LogP contribution in [0.25, 0.3) is 0 Å². The summed E-state index contributed by atoms with van der Waals surface area (Å²) in [7, 11) is 3.40. The van der Waals surface area contributed by atoms with E-state index in [1.165, 1.54) is 0 Å². The number of methoxy groups -OCH3 is 1. The zero-order valence-corrected chi connectivity index (χ0v) is 15.7. The molecule has 1 atom stereocenters. The molecule has 1 aliphatic rings. The maximum absolute atomic E-state index is 12.5. The van der Waals surface area contributed by atoms with Crippen LogP contribution in [0.2, 0.25) is 0 Å². The van der Waals surface area contributed by atoms with Crippen LogP contribution in [0, 0.1) is 0 Å². The van der Waals surface area contributed by atoms with Crippen LogP contribution in [0.5, 0.6) is 0 Å². The van der Waals surface area contributed by atoms with Gasteiger partial charge < -0.3 is 19.7 Å². The number of nitrogens with zero attached hydrogens (tertiary/aromatic N) is 1. The molecule has 2 rings (SSSR count). The number of rotatable bonds is 5. The number of hydrogen-bond acceptors (Lipinski definition) is 5. The first kappa shape index (κ1) is 17.4. The number of esters is 1. The van der Waals surface area contributed by atoms with Crippen LogP contribution >= 0.6 is 39.5 Å². The zero-order chi connectivity index (χ0) is 16.3. The van der Waals surface area contributed by atoms with Crippen LogP contribution in [-0.4, -0.2) is 43.4 Å². The number of hydrogen-bond donors (Lipinski definition) is 1. The van der Waals surface area contributed by atoms with Gasteiger partial charge in [-0.2, -0.15) is 0 Å². The third-order valence-corrected chi connectivity index (χ3v) is 5.45. The molecule has 0 unspecified atom stereocenters. The Labute approximate surface area is 147 Å². The van der Waals surface area contributed by atoms with E-state index in [0.717, 1.165) is 14.4 Å². The molecule has 1 aliphatic heterocycles. The van der Waals surface area contributed by atoms with Gasteiger partial charge >= 0.3 is 5.97 Å². The molecular weight excluding hydrogens is 388 g/mol. The monoisotopic (exact) mass is 404 g/mol. The lowest BCUT2D eigenvalue weighted by molar-refractivity contribution is -0.140. The molecule has 5 nitrogen and oxygen atoms in total. The van der Waals surface area contributed by atoms with Gasteiger partial charge in [-0.1, -0.05) is 0 Å². The van der Waals surface area contributed by atoms with E-state index < -0.39 is 0 Å². The minimum Gasteiger partial charge on any atom is -0.460 e. The molecule has 0 saturated carbocycles. The van der Waals surface area contributed by atoms with Crippen molar-refractivity contribution in [2.75, 3.05) is 27.4 Å². The standard InChI is InChI=1S/C14H17BrN2O3S2/c1-8-11(13(18)20-7-6-19-3)12(16-14(21)17(8)2)9-4-5-10(15)22-9/h4-5,12H,6-7H2,1-3H3,(H,16,21)/t12-/m0/s1. The van der Waals surface area contributed by atoms with Gasteiger partial charge in [0.05, 0.1) is 22.0 Å². The average Bonchev–Trinajstić information content (AvgIpc) is 2.91. The number of allylic oxidation sites excluding steroid dienone is 1. The third-order valence-electron chi connectivity index (χ3n) is 3.37. The normalized spacial score (nSPS) is 18.5. The van der Waals surface area contributed by atoms with Gasteiger partial charge in [-0.05, 0) is 47.2 Å². The number of thiocarbonyl (C=S) groups is 1. The van der Waals surface area contributed by atoms with Gasteiger partial charge in [-0.25, -0.2) is 4.79 Å². The van der Waals surface area contributed by atoms with Gasteiger partial charge in [0.25, 0.3) is 0 Å². The summed E-state index contributed by atoms with van der Waals surface area (Å²) in [6, 6.07) is 3.62. The maximum Gasteiger partial charge on any atom is 0.338 e. The Balaban J connectivity index is 2.33. The lowest BCUT2D eigenvalue weighted by Gasteiger charge is -2.34. The van der Waals surface area contributed by atoms with Gasteiger partial charge in [-0.15, -0.1) is 11.3 Å². The van der Waals surface area contributed by atoms with Crippen molar-refractivity contribution in [1.82, 2.24) is 10.2 Å². The molecule has 0 aromatic carbocycles. The number of halogens is 1. The largest absolute Gasteiger partial charge is 0.460 e. The minimum absolute atomic E-state index is 0.223. The second-order valence-electron chi connectivity index (χ2n) is 4.71. The Bertz CT molecular complexity index is 615. The van der Waals surface area contributed by atoms with Crippen molar-refractivity contribution in [1.29, 1.82) is 0 Å². The maximum atomic E-state index is 12.5. The van der Waals surface area contributed by atoms with Crippen molar-refractivity contribution in [2.45, 2.75) is 13.0 Å². The number of thiophene rings is 1. The average molecular weight is 405 g/mol. The fourth-order valence-corrected chi connectivity index (χ4v) is 3.83. The third kappa shape index (κ3) is 3.68. The van der Waals surface area contributed by atoms with Crippen molar-refractivity contribution in [3.63, 3.8) is 0 Å². The molecule has 0 saturated heterocycles. The topological polar surface area (TPSA) is 50.8 Å². The van der Waals surface area contributed by atoms with Gasteiger partial charge in [0.1, 0.15) is 6.61 Å². The summed E-state index contributed by atoms with van der Waals surface area (Å²) in [5.74, 6) is -0.356. The molecule has 22 heavy (non-hydrogen) atoms. The second-order valence-corrected chi connectivity index (χ2v) is 7.59. The predicted octanol–water partition coefficient (Wildman–Crippen LogP) is 2.84. The van der Waals surface area contributed by atoms with Gasteiger partial charge in [0, 0.05) is 24.7 Å². The van der Waals surface area contributed by atoms with E-state index in [9.17, 15) is 4.79 Å². The molecule has 0 fully saturated rings. The highest BCUT2D eigenvalue weighted by atomic mass is 79.9. The molecule has 0 amide bonds. The van der Waals surface area contributed by atoms with Gasteiger partial charge in [-0.3, -0.25) is 0 Å². The first-order valence-corrected chi connectivity index (χ1v) is 8.63. The zero-order valence-electron chi connectivity index (χ0n) is 12.5. The van der Waals surface area contributed by atoms with E-state index in [1.54, 1.807) is 23.3 Å². The molecule has 2 heterocycles. The van der Waals surface area contributed by atoms with Crippen LogP contribution in [0.15, 0.2) is 27.2 Å². The molecule has 1 N–H and O–H groups in total. The van der Waals surface area contributed by atoms with Crippen LogP contribution in [-0.2, 0) is 14.3 Å². The molecule has 8 heteroatoms. The summed E-state index contributed by atoms with van der Waals surface area (Å²) in [4.78, 5) is 15.3. The number of carbonyl (C=O) groups is 1. The molecule has 120 valence electrons. The Morgan fingerprint density at radius 1 is 1.50 bits per heavy atom. The van der Waals surface area contributed by atoms with Crippen LogP contribution in [0.1, 0.15) is 17.8 Å². The Morgan fingerprint density at radius 2 is 2.23 bits per heavy atom. The van der Waals surface area contributed by atoms with Crippen molar-refractivity contribution >= 4 is 50.6 Å². The van der Waals surface area contributed by atoms with Crippen LogP contribution in [0.3, 0.4) is 0 Å². The summed E-state index contributed by atoms with van der Waals surface area (Å²) >= 11 is 10.3. The van der Waals surface area contributed by atoms with Crippen molar-refractivity contribution in [3.05, 3.63) is 32.1 Å². The summed E-state index contributed by atoms with van der Waals surface area (Å²) in [6.07, 6.45) is 0. The lowest BCUT2D eigenvalue weighted by Crippen LogP contribution is -2.45. The Morgan fingerprint density at radius 3 is 2.82 bits per heavy atom. The fourth-order valence-electron chi connectivity index (χ4n) is 2.09. The predicted molar refractivity (Wildman–Crippen MR) is 93.8 cm³/mol. The van der Waals surface area contributed by atoms with Crippen LogP contribution < -0.4 is 5.32 Å². The second kappa shape index (κ2) is 7.54. The van der Waals surface area contributed by atoms with Crippen molar-refractivity contribution in [3.8, 4) is 0 Å². The fraction of sp³-hybridized carbons (Fsp3) is 0.429. The quantitative estimate of drug-likeness (QED) is 0.462. The number of carbonyl (C=O) groups excluding carboxylic acids is 1. The first-order chi connectivity index (χ1) is 10.5. The molecule has 0 spiro atoms. The van der Waals surface area contributed by atoms with E-state index in [0.29, 0.717) is 17.3 Å². The van der Waals surface area contributed by atoms with Crippen LogP contribution in [0.4, 0.5) is 0 Å². The Kier molecular flexibility index (Phi) is 5.96. The molecule has 0 radical (unpaired) electrons. The van der Waals surface area contributed by atoms with Crippen molar-refractivity contribution < 1.29 is 14.3 Å². The highest BCUT2D eigenvalue weighted by Gasteiger charge is 2.34. The van der Waals surface area contributed by atoms with E-state index in [4.69, 9.17) is 21.7 Å². The minimum atomic E-state index is -0.356. The molecular formula is C14H17BrN2O3S2. The smallest absolute Gasteiger partial charge is 0.338 e. The Hall–Kier alpha value is -0.960. The van der Waals surface area contributed by atoms with E-state index in [1.807, 2.05) is 26.1 Å². The molecule has 0 aliphatic carbocycles. The summed E-state index contributed by atoms with van der Waals surface area (Å²) in [6.45, 7) is 2.46. The molecule has 1 aromatic heterocycles. The highest BCUT2D eigenvalue weighted by molar-refractivity contribution is 9.11. The highest BCUT2D eigenvalue weighted by Crippen LogP contribution is 2.35. The molecule has 0 bridgehead atoms. The summed E-state index contributed by atoms with van der Waals surface area (Å²) in [5.41, 5.74) is 1.36. The van der Waals surface area contributed by atoms with Crippen molar-refractivity contribution in [2.24, 2.45) is 0 Å². The number of nitrogens with one attached hydrogen (secondary N) is 1. The first-order valence-electron chi connectivity index (χ1n) is 6.62. The lowest BCUT2D eigenvalue weighted by atomic mass is 10.0. The summed E-state index contributed by atoms with van der Waals surface area (Å²) in [5, 5.41) is 3.79. The molecule has 1 aromatic rings. The van der Waals surface area contributed by atoms with E-state index in [-0.39, 0.29) is 18.6 Å².